The second kappa shape index (κ2) is 5.50. The summed E-state index contributed by atoms with van der Waals surface area (Å²) in [5.41, 5.74) is 0.347. The monoisotopic (exact) mass is 246 g/mol. The molecular weight excluding hydrogens is 237 g/mol. The molecule has 7 nitrogen and oxygen atoms in total. The lowest BCUT2D eigenvalue weighted by atomic mass is 10.2. The van der Waals surface area contributed by atoms with Gasteiger partial charge in [0.1, 0.15) is 6.61 Å². The van der Waals surface area contributed by atoms with Crippen molar-refractivity contribution in [2.45, 2.75) is 6.61 Å². The molecule has 0 aliphatic carbocycles. The normalized spacial score (nSPS) is 11.0. The van der Waals surface area contributed by atoms with Crippen LogP contribution in [0.25, 0.3) is 0 Å². The lowest BCUT2D eigenvalue weighted by molar-refractivity contribution is -0.385. The maximum atomic E-state index is 10.6. The van der Waals surface area contributed by atoms with Crippen LogP contribution < -0.4 is 4.74 Å². The fraction of sp³-hybridized carbons (Fsp3) is 0.250. The summed E-state index contributed by atoms with van der Waals surface area (Å²) >= 11 is 0. The standard InChI is InChI=1S/C8H8NO6P/c1-14-8-4-6(5-15-16(12)13)2-3-7(8)9(10)11/h2-4H,5H2,1H3/p+1. The third kappa shape index (κ3) is 3.23. The van der Waals surface area contributed by atoms with Gasteiger partial charge in [-0.05, 0) is 17.7 Å². The molecule has 16 heavy (non-hydrogen) atoms. The van der Waals surface area contributed by atoms with E-state index in [0.717, 1.165) is 0 Å². The van der Waals surface area contributed by atoms with Crippen LogP contribution in [0.15, 0.2) is 18.2 Å². The van der Waals surface area contributed by atoms with Crippen LogP contribution in [0.1, 0.15) is 5.56 Å². The zero-order chi connectivity index (χ0) is 12.1. The highest BCUT2D eigenvalue weighted by atomic mass is 31.1. The molecule has 0 aliphatic heterocycles. The number of hydrogen-bond acceptors (Lipinski definition) is 5. The van der Waals surface area contributed by atoms with E-state index in [9.17, 15) is 14.7 Å². The molecular formula is C8H9NO6P+. The first-order valence-electron chi connectivity index (χ1n) is 4.15. The fourth-order valence-electron chi connectivity index (χ4n) is 1.09. The van der Waals surface area contributed by atoms with Crippen LogP contribution in [0.4, 0.5) is 5.69 Å². The molecule has 0 fully saturated rings. The van der Waals surface area contributed by atoms with Crippen LogP contribution >= 0.6 is 8.25 Å². The number of nitrogens with zero attached hydrogens (tertiary/aromatic N) is 1. The molecule has 1 rings (SSSR count). The zero-order valence-corrected chi connectivity index (χ0v) is 9.22. The van der Waals surface area contributed by atoms with E-state index in [-0.39, 0.29) is 18.0 Å². The van der Waals surface area contributed by atoms with Gasteiger partial charge in [0.25, 0.3) is 0 Å². The molecule has 1 aromatic carbocycles. The summed E-state index contributed by atoms with van der Waals surface area (Å²) in [7, 11) is -1.38. The van der Waals surface area contributed by atoms with E-state index in [1.165, 1.54) is 25.3 Å². The zero-order valence-electron chi connectivity index (χ0n) is 8.32. The van der Waals surface area contributed by atoms with Crippen molar-refractivity contribution in [2.24, 2.45) is 0 Å². The Morgan fingerprint density at radius 1 is 1.56 bits per heavy atom. The Bertz CT molecular complexity index is 421. The predicted octanol–water partition coefficient (Wildman–Crippen LogP) is 1.77. The van der Waals surface area contributed by atoms with Crippen molar-refractivity contribution in [1.29, 1.82) is 0 Å². The van der Waals surface area contributed by atoms with E-state index < -0.39 is 13.2 Å². The number of benzene rings is 1. The van der Waals surface area contributed by atoms with Crippen molar-refractivity contribution < 1.29 is 23.6 Å². The Kier molecular flexibility index (Phi) is 4.30. The van der Waals surface area contributed by atoms with Crippen molar-refractivity contribution in [3.05, 3.63) is 33.9 Å². The molecule has 0 heterocycles. The van der Waals surface area contributed by atoms with Crippen LogP contribution in [-0.2, 0) is 15.7 Å². The summed E-state index contributed by atoms with van der Waals surface area (Å²) in [6.45, 7) is -0.111. The minimum atomic E-state index is -2.68. The summed E-state index contributed by atoms with van der Waals surface area (Å²) < 4.78 is 19.6. The second-order valence-electron chi connectivity index (χ2n) is 2.77. The van der Waals surface area contributed by atoms with E-state index in [1.54, 1.807) is 0 Å². The molecule has 1 atom stereocenters. The lowest BCUT2D eigenvalue weighted by Crippen LogP contribution is -1.95. The summed E-state index contributed by atoms with van der Waals surface area (Å²) in [5.74, 6) is 0.0827. The number of ether oxygens (including phenoxy) is 1. The Labute approximate surface area is 91.7 Å². The van der Waals surface area contributed by atoms with Gasteiger partial charge in [-0.1, -0.05) is 0 Å². The third-order valence-corrected chi connectivity index (χ3v) is 2.13. The quantitative estimate of drug-likeness (QED) is 0.482. The first-order valence-corrected chi connectivity index (χ1v) is 5.28. The van der Waals surface area contributed by atoms with Gasteiger partial charge in [-0.25, -0.2) is 0 Å². The molecule has 1 unspecified atom stereocenters. The van der Waals surface area contributed by atoms with Crippen molar-refractivity contribution in [2.75, 3.05) is 7.11 Å². The second-order valence-corrected chi connectivity index (χ2v) is 3.51. The van der Waals surface area contributed by atoms with Gasteiger partial charge >= 0.3 is 13.9 Å². The van der Waals surface area contributed by atoms with Crippen LogP contribution in [0.2, 0.25) is 0 Å². The first-order chi connectivity index (χ1) is 7.54. The number of rotatable bonds is 5. The lowest BCUT2D eigenvalue weighted by Gasteiger charge is -2.02. The van der Waals surface area contributed by atoms with Crippen LogP contribution in [-0.4, -0.2) is 16.9 Å². The molecule has 0 bridgehead atoms. The van der Waals surface area contributed by atoms with Crippen molar-refractivity contribution >= 4 is 13.9 Å². The predicted molar refractivity (Wildman–Crippen MR) is 54.3 cm³/mol. The molecule has 0 spiro atoms. The van der Waals surface area contributed by atoms with Gasteiger partial charge in [0.2, 0.25) is 0 Å². The number of nitro benzene ring substituents is 1. The average molecular weight is 246 g/mol. The molecule has 0 amide bonds. The Morgan fingerprint density at radius 2 is 2.25 bits per heavy atom. The SMILES string of the molecule is COc1cc(CO[P+](=O)O)ccc1[N+](=O)[O-]. The van der Waals surface area contributed by atoms with Crippen LogP contribution in [0, 0.1) is 10.1 Å². The maximum Gasteiger partial charge on any atom is 0.695 e. The summed E-state index contributed by atoms with van der Waals surface area (Å²) in [6.07, 6.45) is 0. The smallest absolute Gasteiger partial charge is 0.490 e. The molecule has 86 valence electrons. The van der Waals surface area contributed by atoms with Crippen LogP contribution in [0.5, 0.6) is 5.75 Å². The topological polar surface area (TPSA) is 98.9 Å². The minimum absolute atomic E-state index is 0.0827. The minimum Gasteiger partial charge on any atom is -0.490 e. The molecule has 0 saturated heterocycles. The van der Waals surface area contributed by atoms with Crippen LogP contribution in [0.3, 0.4) is 0 Å². The van der Waals surface area contributed by atoms with Gasteiger partial charge in [0.05, 0.1) is 12.0 Å². The van der Waals surface area contributed by atoms with Gasteiger partial charge in [-0.2, -0.15) is 0 Å². The molecule has 0 saturated carbocycles. The Balaban J connectivity index is 2.90. The molecule has 1 N–H and O–H groups in total. The fourth-order valence-corrected chi connectivity index (χ4v) is 1.35. The molecule has 8 heteroatoms. The van der Waals surface area contributed by atoms with E-state index in [2.05, 4.69) is 4.52 Å². The van der Waals surface area contributed by atoms with E-state index in [0.29, 0.717) is 5.56 Å². The maximum absolute atomic E-state index is 10.6. The van der Waals surface area contributed by atoms with E-state index in [1.807, 2.05) is 0 Å². The first kappa shape index (κ1) is 12.5. The average Bonchev–Trinajstić information content (AvgIpc) is 2.25. The van der Waals surface area contributed by atoms with Gasteiger partial charge in [-0.3, -0.25) is 10.1 Å². The molecule has 0 aromatic heterocycles. The van der Waals surface area contributed by atoms with Gasteiger partial charge < -0.3 is 4.74 Å². The highest BCUT2D eigenvalue weighted by molar-refractivity contribution is 7.32. The van der Waals surface area contributed by atoms with E-state index >= 15 is 0 Å². The molecule has 0 radical (unpaired) electrons. The number of nitro groups is 1. The molecule has 0 aliphatic rings. The highest BCUT2D eigenvalue weighted by Crippen LogP contribution is 2.28. The van der Waals surface area contributed by atoms with Crippen molar-refractivity contribution in [3.63, 3.8) is 0 Å². The third-order valence-electron chi connectivity index (χ3n) is 1.78. The van der Waals surface area contributed by atoms with Crippen molar-refractivity contribution in [1.82, 2.24) is 0 Å². The van der Waals surface area contributed by atoms with Gasteiger partial charge in [-0.15, -0.1) is 9.42 Å². The highest BCUT2D eigenvalue weighted by Gasteiger charge is 2.17. The molecule has 1 aromatic rings. The van der Waals surface area contributed by atoms with Crippen molar-refractivity contribution in [3.8, 4) is 5.75 Å². The summed E-state index contributed by atoms with van der Waals surface area (Å²) in [5, 5.41) is 10.6. The number of hydrogen-bond donors (Lipinski definition) is 1. The largest absolute Gasteiger partial charge is 0.695 e. The van der Waals surface area contributed by atoms with E-state index in [4.69, 9.17) is 9.63 Å². The van der Waals surface area contributed by atoms with Gasteiger partial charge in [0.15, 0.2) is 5.75 Å². The Morgan fingerprint density at radius 3 is 2.75 bits per heavy atom. The summed E-state index contributed by atoms with van der Waals surface area (Å²) in [4.78, 5) is 18.4. The summed E-state index contributed by atoms with van der Waals surface area (Å²) in [6, 6.07) is 4.07. The Hall–Kier alpha value is -1.56. The number of methoxy groups -OCH3 is 1. The van der Waals surface area contributed by atoms with Gasteiger partial charge in [0, 0.05) is 10.6 Å².